The molecule has 1 aromatic carbocycles. The van der Waals surface area contributed by atoms with Gasteiger partial charge in [-0.05, 0) is 18.6 Å². The van der Waals surface area contributed by atoms with Crippen LogP contribution in [-0.2, 0) is 16.0 Å². The Labute approximate surface area is 103 Å². The van der Waals surface area contributed by atoms with Gasteiger partial charge in [-0.15, -0.1) is 0 Å². The first-order valence-corrected chi connectivity index (χ1v) is 4.89. The molecule has 7 nitrogen and oxygen atoms in total. The van der Waals surface area contributed by atoms with Gasteiger partial charge in [0.15, 0.2) is 0 Å². The molecule has 0 bridgehead atoms. The molecule has 0 aliphatic heterocycles. The normalized spacial score (nSPS) is 9.39. The van der Waals surface area contributed by atoms with E-state index in [9.17, 15) is 19.8 Å². The van der Waals surface area contributed by atoms with E-state index in [2.05, 4.69) is 0 Å². The first-order chi connectivity index (χ1) is 7.95. The Morgan fingerprint density at radius 2 is 1.89 bits per heavy atom. The molecule has 0 saturated carbocycles. The van der Waals surface area contributed by atoms with Gasteiger partial charge in [0.25, 0.3) is 0 Å². The second kappa shape index (κ2) is 6.45. The van der Waals surface area contributed by atoms with Gasteiger partial charge in [-0.1, -0.05) is 0 Å². The highest BCUT2D eigenvalue weighted by Gasteiger charge is 2.20. The molecule has 0 aliphatic carbocycles. The molecule has 0 radical (unpaired) electrons. The van der Waals surface area contributed by atoms with Crippen LogP contribution in [0.5, 0.6) is 11.5 Å². The second-order valence-electron chi connectivity index (χ2n) is 3.29. The van der Waals surface area contributed by atoms with E-state index in [0.717, 1.165) is 12.1 Å². The van der Waals surface area contributed by atoms with Crippen molar-refractivity contribution in [3.05, 3.63) is 23.3 Å². The van der Waals surface area contributed by atoms with Gasteiger partial charge < -0.3 is 25.5 Å². The summed E-state index contributed by atoms with van der Waals surface area (Å²) in [4.78, 5) is 22.1. The van der Waals surface area contributed by atoms with Crippen molar-refractivity contribution in [1.29, 1.82) is 0 Å². The Morgan fingerprint density at radius 3 is 2.39 bits per heavy atom. The van der Waals surface area contributed by atoms with Gasteiger partial charge in [-0.2, -0.15) is 0 Å². The van der Waals surface area contributed by atoms with Gasteiger partial charge in [-0.3, -0.25) is 4.79 Å². The van der Waals surface area contributed by atoms with Crippen LogP contribution in [0.1, 0.15) is 22.8 Å². The zero-order valence-electron chi connectivity index (χ0n) is 9.64. The maximum atomic E-state index is 11.5. The summed E-state index contributed by atoms with van der Waals surface area (Å²) in [6, 6.07) is 2.07. The number of ether oxygens (including phenoxy) is 1. The SMILES string of the molecule is CCOC(=O)c1c(O)cc(O)cc1CC(=O)O.O. The number of aromatic hydroxyl groups is 2. The molecule has 1 aromatic rings. The number of hydrogen-bond acceptors (Lipinski definition) is 5. The molecule has 100 valence electrons. The van der Waals surface area contributed by atoms with Gasteiger partial charge in [0.2, 0.25) is 0 Å². The van der Waals surface area contributed by atoms with Gasteiger partial charge in [0.05, 0.1) is 13.0 Å². The molecule has 0 amide bonds. The molecule has 0 atom stereocenters. The number of phenols is 2. The lowest BCUT2D eigenvalue weighted by molar-refractivity contribution is -0.136. The number of benzene rings is 1. The summed E-state index contributed by atoms with van der Waals surface area (Å²) >= 11 is 0. The topological polar surface area (TPSA) is 136 Å². The van der Waals surface area contributed by atoms with Gasteiger partial charge in [0.1, 0.15) is 17.1 Å². The van der Waals surface area contributed by atoms with Crippen LogP contribution in [0.2, 0.25) is 0 Å². The molecule has 5 N–H and O–H groups in total. The Bertz CT molecular complexity index is 453. The highest BCUT2D eigenvalue weighted by Crippen LogP contribution is 2.28. The van der Waals surface area contributed by atoms with Gasteiger partial charge in [-0.25, -0.2) is 4.79 Å². The van der Waals surface area contributed by atoms with Crippen molar-refractivity contribution >= 4 is 11.9 Å². The number of carboxylic acid groups (broad SMARTS) is 1. The van der Waals surface area contributed by atoms with Crippen LogP contribution in [0, 0.1) is 0 Å². The maximum Gasteiger partial charge on any atom is 0.342 e. The number of aliphatic carboxylic acids is 1. The summed E-state index contributed by atoms with van der Waals surface area (Å²) in [6.45, 7) is 1.69. The van der Waals surface area contributed by atoms with Crippen molar-refractivity contribution in [2.24, 2.45) is 0 Å². The number of carbonyl (C=O) groups excluding carboxylic acids is 1. The minimum absolute atomic E-state index is 0. The number of phenolic OH excluding ortho intramolecular Hbond substituents is 2. The minimum atomic E-state index is -1.18. The van der Waals surface area contributed by atoms with Crippen LogP contribution in [0.4, 0.5) is 0 Å². The first kappa shape index (κ1) is 15.7. The zero-order valence-corrected chi connectivity index (χ0v) is 9.64. The Kier molecular flexibility index (Phi) is 5.64. The van der Waals surface area contributed by atoms with Crippen molar-refractivity contribution in [3.8, 4) is 11.5 Å². The van der Waals surface area contributed by atoms with E-state index in [4.69, 9.17) is 9.84 Å². The lowest BCUT2D eigenvalue weighted by atomic mass is 10.0. The molecule has 7 heteroatoms. The molecular weight excluding hydrogens is 244 g/mol. The summed E-state index contributed by atoms with van der Waals surface area (Å²) in [7, 11) is 0. The summed E-state index contributed by atoms with van der Waals surface area (Å²) in [5, 5.41) is 27.4. The fourth-order valence-electron chi connectivity index (χ4n) is 1.41. The van der Waals surface area contributed by atoms with Crippen LogP contribution in [0.25, 0.3) is 0 Å². The van der Waals surface area contributed by atoms with Crippen LogP contribution in [0.3, 0.4) is 0 Å². The molecule has 0 saturated heterocycles. The highest BCUT2D eigenvalue weighted by atomic mass is 16.5. The van der Waals surface area contributed by atoms with E-state index in [1.807, 2.05) is 0 Å². The van der Waals surface area contributed by atoms with Crippen LogP contribution < -0.4 is 0 Å². The lowest BCUT2D eigenvalue weighted by Gasteiger charge is -2.09. The van der Waals surface area contributed by atoms with Crippen LogP contribution >= 0.6 is 0 Å². The zero-order chi connectivity index (χ0) is 13.0. The second-order valence-corrected chi connectivity index (χ2v) is 3.29. The fraction of sp³-hybridized carbons (Fsp3) is 0.273. The first-order valence-electron chi connectivity index (χ1n) is 4.89. The number of hydrogen-bond donors (Lipinski definition) is 3. The third kappa shape index (κ3) is 3.63. The average molecular weight is 258 g/mol. The standard InChI is InChI=1S/C11H12O6.H2O/c1-2-17-11(16)10-6(4-9(14)15)3-7(12)5-8(10)13;/h3,5,12-13H,2,4H2,1H3,(H,14,15);1H2. The summed E-state index contributed by atoms with van der Waals surface area (Å²) in [6.07, 6.45) is -0.490. The number of carboxylic acids is 1. The van der Waals surface area contributed by atoms with Crippen LogP contribution in [-0.4, -0.2) is 39.3 Å². The summed E-state index contributed by atoms with van der Waals surface area (Å²) < 4.78 is 4.70. The molecule has 0 heterocycles. The molecule has 0 spiro atoms. The largest absolute Gasteiger partial charge is 0.508 e. The minimum Gasteiger partial charge on any atom is -0.508 e. The van der Waals surface area contributed by atoms with E-state index in [1.54, 1.807) is 6.92 Å². The van der Waals surface area contributed by atoms with E-state index >= 15 is 0 Å². The lowest BCUT2D eigenvalue weighted by Crippen LogP contribution is -2.11. The predicted molar refractivity (Wildman–Crippen MR) is 60.7 cm³/mol. The van der Waals surface area contributed by atoms with Crippen molar-refractivity contribution in [2.45, 2.75) is 13.3 Å². The average Bonchev–Trinajstić information content (AvgIpc) is 2.15. The molecule has 1 rings (SSSR count). The highest BCUT2D eigenvalue weighted by molar-refractivity contribution is 5.95. The molecule has 0 aromatic heterocycles. The molecule has 0 fully saturated rings. The fourth-order valence-corrected chi connectivity index (χ4v) is 1.41. The maximum absolute atomic E-state index is 11.5. The predicted octanol–water partition coefficient (Wildman–Crippen LogP) is 0.0769. The number of rotatable bonds is 4. The van der Waals surface area contributed by atoms with Crippen molar-refractivity contribution in [1.82, 2.24) is 0 Å². The third-order valence-corrected chi connectivity index (χ3v) is 2.01. The van der Waals surface area contributed by atoms with Crippen molar-refractivity contribution in [2.75, 3.05) is 6.61 Å². The Hall–Kier alpha value is -2.28. The van der Waals surface area contributed by atoms with E-state index < -0.39 is 24.1 Å². The van der Waals surface area contributed by atoms with Gasteiger partial charge in [0, 0.05) is 6.07 Å². The summed E-state index contributed by atoms with van der Waals surface area (Å²) in [5.41, 5.74) is -0.222. The van der Waals surface area contributed by atoms with E-state index in [0.29, 0.717) is 0 Å². The summed E-state index contributed by atoms with van der Waals surface area (Å²) in [5.74, 6) is -2.81. The van der Waals surface area contributed by atoms with Crippen molar-refractivity contribution in [3.63, 3.8) is 0 Å². The third-order valence-electron chi connectivity index (χ3n) is 2.01. The van der Waals surface area contributed by atoms with Crippen molar-refractivity contribution < 1.29 is 35.1 Å². The smallest absolute Gasteiger partial charge is 0.342 e. The Balaban J connectivity index is 0.00000289. The Morgan fingerprint density at radius 1 is 1.28 bits per heavy atom. The molecule has 0 aliphatic rings. The number of carbonyl (C=O) groups is 2. The van der Waals surface area contributed by atoms with Crippen LogP contribution in [0.15, 0.2) is 12.1 Å². The quantitative estimate of drug-likeness (QED) is 0.654. The van der Waals surface area contributed by atoms with E-state index in [-0.39, 0.29) is 29.0 Å². The monoisotopic (exact) mass is 258 g/mol. The molecular formula is C11H14O7. The molecule has 18 heavy (non-hydrogen) atoms. The number of esters is 1. The van der Waals surface area contributed by atoms with E-state index in [1.165, 1.54) is 0 Å². The van der Waals surface area contributed by atoms with Gasteiger partial charge >= 0.3 is 11.9 Å². The molecule has 0 unspecified atom stereocenters.